The smallest absolute Gasteiger partial charge is 0.132 e. The van der Waals surface area contributed by atoms with Crippen molar-refractivity contribution < 1.29 is 5.11 Å². The van der Waals surface area contributed by atoms with Crippen LogP contribution in [-0.2, 0) is 13.7 Å². The van der Waals surface area contributed by atoms with Crippen molar-refractivity contribution in [1.29, 1.82) is 0 Å². The fraction of sp³-hybridized carbons (Fsp3) is 0.769. The third-order valence-electron chi connectivity index (χ3n) is 3.64. The van der Waals surface area contributed by atoms with Gasteiger partial charge in [0.1, 0.15) is 5.82 Å². The molecule has 1 N–H and O–H groups in total. The highest BCUT2D eigenvalue weighted by molar-refractivity contribution is 5.50. The number of hydrogen-bond donors (Lipinski definition) is 1. The summed E-state index contributed by atoms with van der Waals surface area (Å²) in [5.74, 6) is 2.52. The minimum atomic E-state index is 0.0776. The first-order valence-electron chi connectivity index (χ1n) is 6.41. The first-order chi connectivity index (χ1) is 8.02. The van der Waals surface area contributed by atoms with Crippen molar-refractivity contribution in [1.82, 2.24) is 9.78 Å². The Morgan fingerprint density at radius 2 is 1.88 bits per heavy atom. The molecule has 1 saturated heterocycles. The van der Waals surface area contributed by atoms with E-state index in [4.69, 9.17) is 0 Å². The summed E-state index contributed by atoms with van der Waals surface area (Å²) >= 11 is 0. The van der Waals surface area contributed by atoms with Crippen LogP contribution in [0.2, 0.25) is 0 Å². The molecule has 2 heterocycles. The molecule has 1 fully saturated rings. The molecule has 1 aromatic rings. The molecule has 96 valence electrons. The Bertz CT molecular complexity index is 390. The zero-order chi connectivity index (χ0) is 12.6. The predicted molar refractivity (Wildman–Crippen MR) is 69.0 cm³/mol. The lowest BCUT2D eigenvalue weighted by Crippen LogP contribution is -2.40. The molecule has 17 heavy (non-hydrogen) atoms. The van der Waals surface area contributed by atoms with Gasteiger partial charge in [-0.25, -0.2) is 0 Å². The fourth-order valence-electron chi connectivity index (χ4n) is 3.11. The molecule has 0 spiro atoms. The highest BCUT2D eigenvalue weighted by atomic mass is 16.3. The van der Waals surface area contributed by atoms with Crippen molar-refractivity contribution >= 4 is 5.82 Å². The first-order valence-corrected chi connectivity index (χ1v) is 6.41. The second-order valence-electron chi connectivity index (χ2n) is 5.52. The van der Waals surface area contributed by atoms with Crippen molar-refractivity contribution in [3.8, 4) is 0 Å². The zero-order valence-corrected chi connectivity index (χ0v) is 11.3. The average Bonchev–Trinajstić information content (AvgIpc) is 2.51. The molecule has 0 aromatic carbocycles. The maximum atomic E-state index is 9.50. The van der Waals surface area contributed by atoms with Gasteiger partial charge in [-0.3, -0.25) is 4.68 Å². The van der Waals surface area contributed by atoms with Gasteiger partial charge < -0.3 is 10.0 Å². The molecule has 2 unspecified atom stereocenters. The van der Waals surface area contributed by atoms with Crippen LogP contribution in [0, 0.1) is 18.8 Å². The van der Waals surface area contributed by atoms with Crippen LogP contribution in [0.25, 0.3) is 0 Å². The summed E-state index contributed by atoms with van der Waals surface area (Å²) in [7, 11) is 1.96. The maximum Gasteiger partial charge on any atom is 0.132 e. The van der Waals surface area contributed by atoms with E-state index < -0.39 is 0 Å². The number of anilines is 1. The van der Waals surface area contributed by atoms with Crippen LogP contribution in [0.4, 0.5) is 5.82 Å². The van der Waals surface area contributed by atoms with Gasteiger partial charge in [0.05, 0.1) is 12.3 Å². The van der Waals surface area contributed by atoms with Gasteiger partial charge in [0.2, 0.25) is 0 Å². The lowest BCUT2D eigenvalue weighted by molar-refractivity contribution is 0.280. The largest absolute Gasteiger partial charge is 0.391 e. The van der Waals surface area contributed by atoms with Gasteiger partial charge in [-0.2, -0.15) is 5.10 Å². The molecule has 0 radical (unpaired) electrons. The molecule has 0 aliphatic carbocycles. The third kappa shape index (κ3) is 2.32. The Morgan fingerprint density at radius 3 is 2.41 bits per heavy atom. The standard InChI is InChI=1S/C13H23N3O/c1-9-5-10(2)7-16(6-9)13-12(8-17)11(3)14-15(13)4/h9-10,17H,5-8H2,1-4H3. The Morgan fingerprint density at radius 1 is 1.29 bits per heavy atom. The van der Waals surface area contributed by atoms with Crippen LogP contribution < -0.4 is 4.90 Å². The number of hydrogen-bond acceptors (Lipinski definition) is 3. The molecule has 2 atom stereocenters. The van der Waals surface area contributed by atoms with Gasteiger partial charge in [-0.05, 0) is 25.2 Å². The van der Waals surface area contributed by atoms with E-state index in [2.05, 4.69) is 23.8 Å². The highest BCUT2D eigenvalue weighted by Gasteiger charge is 2.26. The number of aryl methyl sites for hydroxylation is 2. The lowest BCUT2D eigenvalue weighted by atomic mass is 9.92. The highest BCUT2D eigenvalue weighted by Crippen LogP contribution is 2.29. The minimum absolute atomic E-state index is 0.0776. The zero-order valence-electron chi connectivity index (χ0n) is 11.3. The minimum Gasteiger partial charge on any atom is -0.391 e. The molecule has 4 heteroatoms. The van der Waals surface area contributed by atoms with Crippen LogP contribution in [0.15, 0.2) is 0 Å². The number of nitrogens with zero attached hydrogens (tertiary/aromatic N) is 3. The van der Waals surface area contributed by atoms with Crippen molar-refractivity contribution in [2.75, 3.05) is 18.0 Å². The molecule has 0 saturated carbocycles. The van der Waals surface area contributed by atoms with E-state index >= 15 is 0 Å². The number of aliphatic hydroxyl groups excluding tert-OH is 1. The van der Waals surface area contributed by atoms with Crippen LogP contribution in [-0.4, -0.2) is 28.0 Å². The Kier molecular flexibility index (Phi) is 3.43. The topological polar surface area (TPSA) is 41.3 Å². The summed E-state index contributed by atoms with van der Waals surface area (Å²) in [5.41, 5.74) is 1.92. The number of piperidine rings is 1. The van der Waals surface area contributed by atoms with E-state index in [1.807, 2.05) is 18.7 Å². The summed E-state index contributed by atoms with van der Waals surface area (Å²) in [4.78, 5) is 2.38. The summed E-state index contributed by atoms with van der Waals surface area (Å²) in [6.45, 7) is 8.77. The van der Waals surface area contributed by atoms with Crippen molar-refractivity contribution in [2.45, 2.75) is 33.8 Å². The average molecular weight is 237 g/mol. The second-order valence-corrected chi connectivity index (χ2v) is 5.52. The van der Waals surface area contributed by atoms with Gasteiger partial charge in [-0.1, -0.05) is 13.8 Å². The number of aromatic nitrogens is 2. The Labute approximate surface area is 103 Å². The predicted octanol–water partition coefficient (Wildman–Crippen LogP) is 1.70. The molecule has 0 bridgehead atoms. The summed E-state index contributed by atoms with van der Waals surface area (Å²) < 4.78 is 1.91. The van der Waals surface area contributed by atoms with Crippen LogP contribution in [0.5, 0.6) is 0 Å². The van der Waals surface area contributed by atoms with E-state index in [1.54, 1.807) is 0 Å². The SMILES string of the molecule is Cc1nn(C)c(N2CC(C)CC(C)C2)c1CO. The first kappa shape index (κ1) is 12.4. The summed E-state index contributed by atoms with van der Waals surface area (Å²) in [5, 5.41) is 13.9. The normalized spacial score (nSPS) is 25.4. The molecule has 1 aliphatic heterocycles. The van der Waals surface area contributed by atoms with E-state index in [0.29, 0.717) is 11.8 Å². The van der Waals surface area contributed by atoms with Crippen LogP contribution in [0.1, 0.15) is 31.5 Å². The van der Waals surface area contributed by atoms with E-state index in [1.165, 1.54) is 6.42 Å². The monoisotopic (exact) mass is 237 g/mol. The summed E-state index contributed by atoms with van der Waals surface area (Å²) in [6, 6.07) is 0. The van der Waals surface area contributed by atoms with Gasteiger partial charge in [0, 0.05) is 25.7 Å². The van der Waals surface area contributed by atoms with Crippen molar-refractivity contribution in [3.05, 3.63) is 11.3 Å². The summed E-state index contributed by atoms with van der Waals surface area (Å²) in [6.07, 6.45) is 1.29. The molecule has 1 aromatic heterocycles. The van der Waals surface area contributed by atoms with Crippen molar-refractivity contribution in [2.24, 2.45) is 18.9 Å². The van der Waals surface area contributed by atoms with E-state index in [-0.39, 0.29) is 6.61 Å². The maximum absolute atomic E-state index is 9.50. The van der Waals surface area contributed by atoms with E-state index in [9.17, 15) is 5.11 Å². The molecule has 4 nitrogen and oxygen atoms in total. The van der Waals surface area contributed by atoms with Crippen molar-refractivity contribution in [3.63, 3.8) is 0 Å². The number of aliphatic hydroxyl groups is 1. The Balaban J connectivity index is 2.32. The molecule has 1 aliphatic rings. The second kappa shape index (κ2) is 4.69. The number of rotatable bonds is 2. The quantitative estimate of drug-likeness (QED) is 0.851. The van der Waals surface area contributed by atoms with E-state index in [0.717, 1.165) is 30.2 Å². The fourth-order valence-corrected chi connectivity index (χ4v) is 3.11. The Hall–Kier alpha value is -1.03. The van der Waals surface area contributed by atoms with Gasteiger partial charge in [-0.15, -0.1) is 0 Å². The third-order valence-corrected chi connectivity index (χ3v) is 3.64. The molecule has 2 rings (SSSR count). The molecular formula is C13H23N3O. The lowest BCUT2D eigenvalue weighted by Gasteiger charge is -2.36. The van der Waals surface area contributed by atoms with Gasteiger partial charge >= 0.3 is 0 Å². The molecule has 0 amide bonds. The van der Waals surface area contributed by atoms with Gasteiger partial charge in [0.15, 0.2) is 0 Å². The van der Waals surface area contributed by atoms with Crippen LogP contribution >= 0.6 is 0 Å². The molecular weight excluding hydrogens is 214 g/mol. The van der Waals surface area contributed by atoms with Gasteiger partial charge in [0.25, 0.3) is 0 Å². The van der Waals surface area contributed by atoms with Crippen LogP contribution in [0.3, 0.4) is 0 Å².